The van der Waals surface area contributed by atoms with Crippen molar-refractivity contribution >= 4 is 5.78 Å². The van der Waals surface area contributed by atoms with E-state index >= 15 is 0 Å². The smallest absolute Gasteiger partial charge is 0.181 e. The Labute approximate surface area is 115 Å². The van der Waals surface area contributed by atoms with Crippen LogP contribution >= 0.6 is 0 Å². The van der Waals surface area contributed by atoms with Crippen molar-refractivity contribution in [1.82, 2.24) is 15.1 Å². The van der Waals surface area contributed by atoms with Crippen LogP contribution in [0.3, 0.4) is 0 Å². The van der Waals surface area contributed by atoms with Gasteiger partial charge >= 0.3 is 0 Å². The third-order valence-corrected chi connectivity index (χ3v) is 4.09. The molecule has 1 saturated heterocycles. The van der Waals surface area contributed by atoms with E-state index in [-0.39, 0.29) is 11.8 Å². The lowest BCUT2D eigenvalue weighted by Crippen LogP contribution is -2.34. The maximum Gasteiger partial charge on any atom is 0.181 e. The Morgan fingerprint density at radius 3 is 2.95 bits per heavy atom. The number of nitrogens with one attached hydrogen (secondary N) is 1. The summed E-state index contributed by atoms with van der Waals surface area (Å²) in [7, 11) is 0. The highest BCUT2D eigenvalue weighted by Gasteiger charge is 2.24. The van der Waals surface area contributed by atoms with Crippen LogP contribution < -0.4 is 5.32 Å². The van der Waals surface area contributed by atoms with Crippen LogP contribution in [-0.4, -0.2) is 28.7 Å². The first kappa shape index (κ1) is 14.3. The summed E-state index contributed by atoms with van der Waals surface area (Å²) in [6, 6.07) is 2.08. The van der Waals surface area contributed by atoms with Crippen molar-refractivity contribution in [2.75, 3.05) is 13.1 Å². The first-order valence-corrected chi connectivity index (χ1v) is 7.37. The average molecular weight is 263 g/mol. The molecule has 1 aromatic heterocycles. The summed E-state index contributed by atoms with van der Waals surface area (Å²) in [6.07, 6.45) is 4.82. The third-order valence-electron chi connectivity index (χ3n) is 4.09. The molecule has 106 valence electrons. The summed E-state index contributed by atoms with van der Waals surface area (Å²) >= 11 is 0. The van der Waals surface area contributed by atoms with Gasteiger partial charge in [0.15, 0.2) is 5.78 Å². The summed E-state index contributed by atoms with van der Waals surface area (Å²) in [4.78, 5) is 12.4. The van der Waals surface area contributed by atoms with Crippen LogP contribution in [0.4, 0.5) is 0 Å². The molecule has 0 radical (unpaired) electrons. The fourth-order valence-corrected chi connectivity index (χ4v) is 2.87. The van der Waals surface area contributed by atoms with Crippen molar-refractivity contribution in [3.05, 3.63) is 18.0 Å². The van der Waals surface area contributed by atoms with Gasteiger partial charge in [0.05, 0.1) is 0 Å². The molecule has 1 fully saturated rings. The molecule has 0 aromatic carbocycles. The molecule has 0 saturated carbocycles. The Balaban J connectivity index is 1.98. The van der Waals surface area contributed by atoms with Gasteiger partial charge in [-0.25, -0.2) is 0 Å². The number of nitrogens with zero attached hydrogens (tertiary/aromatic N) is 2. The molecule has 2 unspecified atom stereocenters. The van der Waals surface area contributed by atoms with Crippen LogP contribution in [-0.2, 0) is 0 Å². The monoisotopic (exact) mass is 263 g/mol. The lowest BCUT2D eigenvalue weighted by Gasteiger charge is -2.28. The van der Waals surface area contributed by atoms with Gasteiger partial charge in [-0.05, 0) is 57.7 Å². The van der Waals surface area contributed by atoms with Gasteiger partial charge in [0, 0.05) is 18.7 Å². The van der Waals surface area contributed by atoms with E-state index in [1.165, 1.54) is 12.8 Å². The minimum absolute atomic E-state index is 0.226. The van der Waals surface area contributed by atoms with E-state index in [2.05, 4.69) is 31.2 Å². The van der Waals surface area contributed by atoms with E-state index in [4.69, 9.17) is 0 Å². The van der Waals surface area contributed by atoms with E-state index in [0.717, 1.165) is 18.8 Å². The molecule has 0 spiro atoms. The molecule has 4 nitrogen and oxygen atoms in total. The van der Waals surface area contributed by atoms with Crippen LogP contribution in [0.1, 0.15) is 56.6 Å². The van der Waals surface area contributed by atoms with Crippen molar-refractivity contribution in [2.45, 2.75) is 46.1 Å². The lowest BCUT2D eigenvalue weighted by molar-refractivity contribution is 0.0930. The molecule has 19 heavy (non-hydrogen) atoms. The molecule has 0 aliphatic carbocycles. The van der Waals surface area contributed by atoms with Crippen LogP contribution in [0.5, 0.6) is 0 Å². The number of Topliss-reactive ketones (excluding diaryl/α,β-unsaturated/α-hetero) is 1. The normalized spacial score (nSPS) is 21.6. The van der Waals surface area contributed by atoms with E-state index < -0.39 is 0 Å². The zero-order valence-corrected chi connectivity index (χ0v) is 12.2. The number of aromatic nitrogens is 2. The first-order chi connectivity index (χ1) is 9.09. The molecular formula is C15H25N3O. The number of carbonyl (C=O) groups excluding carboxylic acids is 1. The van der Waals surface area contributed by atoms with E-state index in [1.807, 2.05) is 10.7 Å². The summed E-state index contributed by atoms with van der Waals surface area (Å²) < 4.78 is 1.83. The molecule has 1 aromatic rings. The van der Waals surface area contributed by atoms with Crippen molar-refractivity contribution in [1.29, 1.82) is 0 Å². The Morgan fingerprint density at radius 1 is 1.53 bits per heavy atom. The zero-order chi connectivity index (χ0) is 13.8. The SMILES string of the molecule is CC(CC(=O)c1ccnn1C(C)C)C1CCCNC1. The predicted octanol–water partition coefficient (Wildman–Crippen LogP) is 2.67. The Morgan fingerprint density at radius 2 is 2.32 bits per heavy atom. The lowest BCUT2D eigenvalue weighted by atomic mass is 9.84. The molecule has 0 bridgehead atoms. The van der Waals surface area contributed by atoms with Crippen molar-refractivity contribution in [3.63, 3.8) is 0 Å². The van der Waals surface area contributed by atoms with Crippen molar-refractivity contribution < 1.29 is 4.79 Å². The molecule has 2 heterocycles. The number of rotatable bonds is 5. The summed E-state index contributed by atoms with van der Waals surface area (Å²) in [6.45, 7) is 8.48. The maximum atomic E-state index is 12.4. The highest BCUT2D eigenvalue weighted by atomic mass is 16.1. The van der Waals surface area contributed by atoms with Crippen molar-refractivity contribution in [2.24, 2.45) is 11.8 Å². The van der Waals surface area contributed by atoms with Gasteiger partial charge in [0.1, 0.15) is 5.69 Å². The quantitative estimate of drug-likeness (QED) is 0.831. The van der Waals surface area contributed by atoms with Crippen LogP contribution in [0.2, 0.25) is 0 Å². The summed E-state index contributed by atoms with van der Waals surface area (Å²) in [5.74, 6) is 1.30. The molecule has 0 amide bonds. The second kappa shape index (κ2) is 6.33. The molecule has 1 aliphatic heterocycles. The van der Waals surface area contributed by atoms with Crippen LogP contribution in [0.15, 0.2) is 12.3 Å². The number of piperidine rings is 1. The average Bonchev–Trinajstić information content (AvgIpc) is 2.89. The second-order valence-corrected chi connectivity index (χ2v) is 5.97. The van der Waals surface area contributed by atoms with Crippen LogP contribution in [0, 0.1) is 11.8 Å². The third kappa shape index (κ3) is 3.44. The van der Waals surface area contributed by atoms with E-state index in [0.29, 0.717) is 18.3 Å². The molecule has 1 aliphatic rings. The second-order valence-electron chi connectivity index (χ2n) is 5.97. The first-order valence-electron chi connectivity index (χ1n) is 7.37. The minimum atomic E-state index is 0.226. The van der Waals surface area contributed by atoms with Gasteiger partial charge in [0.2, 0.25) is 0 Å². The zero-order valence-electron chi connectivity index (χ0n) is 12.2. The number of ketones is 1. The molecule has 2 atom stereocenters. The highest BCUT2D eigenvalue weighted by molar-refractivity contribution is 5.94. The van der Waals surface area contributed by atoms with Crippen molar-refractivity contribution in [3.8, 4) is 0 Å². The Hall–Kier alpha value is -1.16. The Bertz CT molecular complexity index is 419. The molecular weight excluding hydrogens is 238 g/mol. The fraction of sp³-hybridized carbons (Fsp3) is 0.733. The van der Waals surface area contributed by atoms with Gasteiger partial charge in [-0.15, -0.1) is 0 Å². The number of hydrogen-bond donors (Lipinski definition) is 1. The van der Waals surface area contributed by atoms with Gasteiger partial charge in [-0.1, -0.05) is 6.92 Å². The number of hydrogen-bond acceptors (Lipinski definition) is 3. The minimum Gasteiger partial charge on any atom is -0.316 e. The van der Waals surface area contributed by atoms with Gasteiger partial charge in [-0.2, -0.15) is 5.10 Å². The molecule has 1 N–H and O–H groups in total. The fourth-order valence-electron chi connectivity index (χ4n) is 2.87. The topological polar surface area (TPSA) is 46.9 Å². The van der Waals surface area contributed by atoms with Gasteiger partial charge in [-0.3, -0.25) is 9.48 Å². The summed E-state index contributed by atoms with van der Waals surface area (Å²) in [5.41, 5.74) is 0.755. The van der Waals surface area contributed by atoms with Gasteiger partial charge < -0.3 is 5.32 Å². The molecule has 4 heteroatoms. The Kier molecular flexibility index (Phi) is 4.75. The maximum absolute atomic E-state index is 12.4. The van der Waals surface area contributed by atoms with Gasteiger partial charge in [0.25, 0.3) is 0 Å². The van der Waals surface area contributed by atoms with E-state index in [9.17, 15) is 4.79 Å². The molecule has 2 rings (SSSR count). The number of carbonyl (C=O) groups is 1. The highest BCUT2D eigenvalue weighted by Crippen LogP contribution is 2.24. The predicted molar refractivity (Wildman–Crippen MR) is 76.3 cm³/mol. The largest absolute Gasteiger partial charge is 0.316 e. The summed E-state index contributed by atoms with van der Waals surface area (Å²) in [5, 5.41) is 7.66. The van der Waals surface area contributed by atoms with E-state index in [1.54, 1.807) is 6.20 Å². The van der Waals surface area contributed by atoms with Crippen LogP contribution in [0.25, 0.3) is 0 Å². The standard InChI is InChI=1S/C15H25N3O/c1-11(2)18-14(6-8-17-18)15(19)9-12(3)13-5-4-7-16-10-13/h6,8,11-13,16H,4-5,7,9-10H2,1-3H3.